The fourth-order valence-corrected chi connectivity index (χ4v) is 4.17. The topological polar surface area (TPSA) is 76.0 Å². The molecule has 0 atom stereocenters. The molecule has 0 fully saturated rings. The molecule has 2 heterocycles. The van der Waals surface area contributed by atoms with Crippen molar-refractivity contribution >= 4 is 19.0 Å². The van der Waals surface area contributed by atoms with Crippen molar-refractivity contribution < 1.29 is 9.84 Å². The summed E-state index contributed by atoms with van der Waals surface area (Å²) in [6.45, 7) is 14.3. The third-order valence-electron chi connectivity index (χ3n) is 5.11. The Bertz CT molecular complexity index is 1210. The van der Waals surface area contributed by atoms with Gasteiger partial charge in [0, 0.05) is 55.7 Å². The largest absolute Gasteiger partial charge is 0.378 e. The SMILES string of the molecule is CCn1cc(-c2cnn(COCC[Si](C)(C)C)c2)c2cc(C#CC(C)(C)O)cc(C#N)c21. The van der Waals surface area contributed by atoms with E-state index in [4.69, 9.17) is 4.74 Å². The van der Waals surface area contributed by atoms with E-state index in [9.17, 15) is 10.4 Å². The van der Waals surface area contributed by atoms with E-state index in [1.54, 1.807) is 24.6 Å². The Hall–Kier alpha value is -2.84. The molecular weight excluding hydrogens is 416 g/mol. The quantitative estimate of drug-likeness (QED) is 0.319. The second kappa shape index (κ2) is 9.34. The molecule has 0 aliphatic rings. The van der Waals surface area contributed by atoms with Crippen molar-refractivity contribution in [2.24, 2.45) is 0 Å². The number of ether oxygens (including phenoxy) is 1. The Kier molecular flexibility index (Phi) is 6.95. The van der Waals surface area contributed by atoms with Crippen molar-refractivity contribution in [1.82, 2.24) is 14.3 Å². The van der Waals surface area contributed by atoms with Crippen molar-refractivity contribution in [3.05, 3.63) is 41.9 Å². The van der Waals surface area contributed by atoms with E-state index in [1.165, 1.54) is 0 Å². The highest BCUT2D eigenvalue weighted by molar-refractivity contribution is 6.76. The number of fused-ring (bicyclic) bond motifs is 1. The van der Waals surface area contributed by atoms with E-state index in [0.29, 0.717) is 17.9 Å². The smallest absolute Gasteiger partial charge is 0.139 e. The van der Waals surface area contributed by atoms with Crippen LogP contribution in [0.4, 0.5) is 0 Å². The lowest BCUT2D eigenvalue weighted by molar-refractivity contribution is 0.0786. The molecule has 0 aliphatic carbocycles. The second-order valence-electron chi connectivity index (χ2n) is 9.79. The molecule has 6 nitrogen and oxygen atoms in total. The molecule has 0 unspecified atom stereocenters. The molecule has 0 saturated heterocycles. The lowest BCUT2D eigenvalue weighted by Crippen LogP contribution is -2.22. The van der Waals surface area contributed by atoms with Crippen LogP contribution in [-0.4, -0.2) is 39.7 Å². The molecule has 32 heavy (non-hydrogen) atoms. The van der Waals surface area contributed by atoms with Gasteiger partial charge < -0.3 is 14.4 Å². The molecule has 0 spiro atoms. The van der Waals surface area contributed by atoms with Gasteiger partial charge in [-0.2, -0.15) is 10.4 Å². The van der Waals surface area contributed by atoms with Crippen LogP contribution < -0.4 is 0 Å². The maximum Gasteiger partial charge on any atom is 0.139 e. The lowest BCUT2D eigenvalue weighted by atomic mass is 10.0. The van der Waals surface area contributed by atoms with Gasteiger partial charge in [-0.3, -0.25) is 0 Å². The monoisotopic (exact) mass is 448 g/mol. The summed E-state index contributed by atoms with van der Waals surface area (Å²) in [5.74, 6) is 5.85. The van der Waals surface area contributed by atoms with Gasteiger partial charge in [-0.05, 0) is 38.9 Å². The molecule has 0 saturated carbocycles. The highest BCUT2D eigenvalue weighted by atomic mass is 28.3. The Labute approximate surface area is 191 Å². The van der Waals surface area contributed by atoms with Crippen LogP contribution in [0.25, 0.3) is 22.0 Å². The zero-order valence-corrected chi connectivity index (χ0v) is 20.9. The first-order valence-corrected chi connectivity index (χ1v) is 14.6. The van der Waals surface area contributed by atoms with E-state index >= 15 is 0 Å². The van der Waals surface area contributed by atoms with Crippen LogP contribution in [-0.2, 0) is 18.0 Å². The van der Waals surface area contributed by atoms with Crippen LogP contribution in [0.5, 0.6) is 0 Å². The van der Waals surface area contributed by atoms with Crippen LogP contribution in [0, 0.1) is 23.2 Å². The van der Waals surface area contributed by atoms with Crippen LogP contribution in [0.15, 0.2) is 30.7 Å². The maximum atomic E-state index is 9.97. The molecule has 0 bridgehead atoms. The molecule has 3 rings (SSSR count). The van der Waals surface area contributed by atoms with Crippen molar-refractivity contribution in [3.63, 3.8) is 0 Å². The van der Waals surface area contributed by atoms with E-state index in [1.807, 2.05) is 18.5 Å². The second-order valence-corrected chi connectivity index (χ2v) is 15.4. The summed E-state index contributed by atoms with van der Waals surface area (Å²) in [6, 6.07) is 7.20. The maximum absolute atomic E-state index is 9.97. The normalized spacial score (nSPS) is 11.9. The number of benzene rings is 1. The number of hydrogen-bond acceptors (Lipinski definition) is 4. The van der Waals surface area contributed by atoms with E-state index in [-0.39, 0.29) is 0 Å². The average molecular weight is 449 g/mol. The zero-order chi connectivity index (χ0) is 23.5. The minimum Gasteiger partial charge on any atom is -0.378 e. The summed E-state index contributed by atoms with van der Waals surface area (Å²) >= 11 is 0. The molecule has 3 aromatic rings. The Morgan fingerprint density at radius 2 is 1.97 bits per heavy atom. The fourth-order valence-electron chi connectivity index (χ4n) is 3.41. The van der Waals surface area contributed by atoms with E-state index < -0.39 is 13.7 Å². The van der Waals surface area contributed by atoms with Crippen LogP contribution in [0.1, 0.15) is 31.9 Å². The number of nitrogens with zero attached hydrogens (tertiary/aromatic N) is 4. The lowest BCUT2D eigenvalue weighted by Gasteiger charge is -2.15. The first-order chi connectivity index (χ1) is 15.0. The third-order valence-corrected chi connectivity index (χ3v) is 6.81. The Balaban J connectivity index is 1.97. The average Bonchev–Trinajstić information content (AvgIpc) is 3.32. The Morgan fingerprint density at radius 3 is 2.59 bits per heavy atom. The van der Waals surface area contributed by atoms with Crippen LogP contribution in [0.2, 0.25) is 25.7 Å². The molecule has 0 radical (unpaired) electrons. The summed E-state index contributed by atoms with van der Waals surface area (Å²) in [5, 5.41) is 25.2. The summed E-state index contributed by atoms with van der Waals surface area (Å²) < 4.78 is 9.71. The van der Waals surface area contributed by atoms with Gasteiger partial charge in [0.15, 0.2) is 0 Å². The van der Waals surface area contributed by atoms with Gasteiger partial charge in [-0.15, -0.1) is 0 Å². The summed E-state index contributed by atoms with van der Waals surface area (Å²) in [6.07, 6.45) is 5.87. The zero-order valence-electron chi connectivity index (χ0n) is 19.9. The van der Waals surface area contributed by atoms with Gasteiger partial charge in [0.1, 0.15) is 18.4 Å². The number of aromatic nitrogens is 3. The molecule has 2 aromatic heterocycles. The molecule has 168 valence electrons. The highest BCUT2D eigenvalue weighted by Crippen LogP contribution is 2.33. The predicted molar refractivity (Wildman–Crippen MR) is 131 cm³/mol. The number of aliphatic hydroxyl groups is 1. The molecule has 0 amide bonds. The molecule has 1 aromatic carbocycles. The minimum absolute atomic E-state index is 0.419. The van der Waals surface area contributed by atoms with E-state index in [0.717, 1.165) is 41.2 Å². The van der Waals surface area contributed by atoms with Crippen LogP contribution in [0.3, 0.4) is 0 Å². The van der Waals surface area contributed by atoms with E-state index in [2.05, 4.69) is 60.3 Å². The molecular formula is C25H32N4O2Si. The van der Waals surface area contributed by atoms with Gasteiger partial charge in [-0.25, -0.2) is 4.68 Å². The highest BCUT2D eigenvalue weighted by Gasteiger charge is 2.17. The third kappa shape index (κ3) is 5.89. The van der Waals surface area contributed by atoms with Crippen LogP contribution >= 0.6 is 0 Å². The molecule has 0 aliphatic heterocycles. The van der Waals surface area contributed by atoms with Gasteiger partial charge in [0.05, 0.1) is 17.3 Å². The summed E-state index contributed by atoms with van der Waals surface area (Å²) in [4.78, 5) is 0. The van der Waals surface area contributed by atoms with Crippen molar-refractivity contribution in [3.8, 4) is 29.0 Å². The van der Waals surface area contributed by atoms with Gasteiger partial charge in [-0.1, -0.05) is 31.5 Å². The van der Waals surface area contributed by atoms with Crippen molar-refractivity contribution in [2.45, 2.75) is 65.3 Å². The standard InChI is InChI=1S/C25H32N4O2Si/c1-7-28-17-23(21-15-27-29(16-21)18-31-10-11-32(4,5)6)22-13-19(8-9-25(2,3)30)12-20(14-26)24(22)28/h12-13,15-17,30H,7,10-11,18H2,1-6H3. The first kappa shape index (κ1) is 23.8. The number of rotatable bonds is 7. The van der Waals surface area contributed by atoms with Gasteiger partial charge >= 0.3 is 0 Å². The summed E-state index contributed by atoms with van der Waals surface area (Å²) in [5.41, 5.74) is 3.02. The fraction of sp³-hybridized carbons (Fsp3) is 0.440. The number of hydrogen-bond donors (Lipinski definition) is 1. The Morgan fingerprint density at radius 1 is 1.22 bits per heavy atom. The molecule has 1 N–H and O–H groups in total. The van der Waals surface area contributed by atoms with Gasteiger partial charge in [0.25, 0.3) is 0 Å². The molecule has 7 heteroatoms. The minimum atomic E-state index is -1.12. The first-order valence-electron chi connectivity index (χ1n) is 10.9. The summed E-state index contributed by atoms with van der Waals surface area (Å²) in [7, 11) is -1.12. The van der Waals surface area contributed by atoms with Crippen molar-refractivity contribution in [1.29, 1.82) is 5.26 Å². The number of aryl methyl sites for hydroxylation is 1. The van der Waals surface area contributed by atoms with Crippen molar-refractivity contribution in [2.75, 3.05) is 6.61 Å². The van der Waals surface area contributed by atoms with Gasteiger partial charge in [0.2, 0.25) is 0 Å². The number of nitriles is 1. The predicted octanol–water partition coefficient (Wildman–Crippen LogP) is 4.83.